The van der Waals surface area contributed by atoms with Crippen LogP contribution < -0.4 is 10.9 Å². The zero-order valence-corrected chi connectivity index (χ0v) is 18.3. The molecule has 0 radical (unpaired) electrons. The Bertz CT molecular complexity index is 1150. The molecule has 1 aliphatic heterocycles. The van der Waals surface area contributed by atoms with Crippen molar-refractivity contribution in [1.29, 1.82) is 0 Å². The van der Waals surface area contributed by atoms with Crippen molar-refractivity contribution in [2.24, 2.45) is 0 Å². The minimum atomic E-state index is -0.280. The average molecular weight is 439 g/mol. The van der Waals surface area contributed by atoms with Crippen LogP contribution in [0, 0.1) is 0 Å². The number of phenolic OH excluding ortho intramolecular Hbond substituents is 1. The summed E-state index contributed by atoms with van der Waals surface area (Å²) in [6.07, 6.45) is 4.62. The first-order valence-electron chi connectivity index (χ1n) is 11.1. The fourth-order valence-electron chi connectivity index (χ4n) is 4.98. The standard InChI is InChI=1S/C25H27ClN2O3/c26-22-13-20-18-7-4-8-19(18)25(30)31-24(20)21(23(22)29)14-27-17-9-11-28(12-10-17)15-16-5-2-1-3-6-16/h1-3,5-6,13,17,27,29H,4,7-12,14-15H2. The number of phenols is 1. The summed E-state index contributed by atoms with van der Waals surface area (Å²) in [5.74, 6) is 0.00396. The lowest BCUT2D eigenvalue weighted by atomic mass is 10.0. The fourth-order valence-corrected chi connectivity index (χ4v) is 5.21. The number of piperidine rings is 1. The molecule has 0 amide bonds. The van der Waals surface area contributed by atoms with Crippen molar-refractivity contribution < 1.29 is 9.52 Å². The van der Waals surface area contributed by atoms with E-state index in [1.54, 1.807) is 6.07 Å². The number of hydrogen-bond donors (Lipinski definition) is 2. The van der Waals surface area contributed by atoms with Gasteiger partial charge in [0.15, 0.2) is 0 Å². The molecule has 6 heteroatoms. The maximum absolute atomic E-state index is 12.5. The molecule has 1 aliphatic carbocycles. The molecule has 2 aliphatic rings. The first-order valence-corrected chi connectivity index (χ1v) is 11.5. The molecule has 31 heavy (non-hydrogen) atoms. The minimum absolute atomic E-state index is 0.00396. The summed E-state index contributed by atoms with van der Waals surface area (Å²) in [5, 5.41) is 15.4. The van der Waals surface area contributed by atoms with E-state index in [2.05, 4.69) is 34.5 Å². The summed E-state index contributed by atoms with van der Waals surface area (Å²) in [6, 6.07) is 12.6. The van der Waals surface area contributed by atoms with Gasteiger partial charge in [0, 0.05) is 30.1 Å². The lowest BCUT2D eigenvalue weighted by Crippen LogP contribution is -2.41. The molecular weight excluding hydrogens is 412 g/mol. The molecule has 2 aromatic carbocycles. The highest BCUT2D eigenvalue weighted by atomic mass is 35.5. The van der Waals surface area contributed by atoms with Crippen LogP contribution >= 0.6 is 11.6 Å². The SMILES string of the molecule is O=c1oc2c(CNC3CCN(Cc4ccccc4)CC3)c(O)c(Cl)cc2c2c1CCC2. The van der Waals surface area contributed by atoms with E-state index < -0.39 is 0 Å². The number of likely N-dealkylation sites (tertiary alicyclic amines) is 1. The molecule has 5 nitrogen and oxygen atoms in total. The van der Waals surface area contributed by atoms with Gasteiger partial charge in [-0.1, -0.05) is 41.9 Å². The number of fused-ring (bicyclic) bond motifs is 3. The maximum atomic E-state index is 12.5. The Morgan fingerprint density at radius 1 is 1.13 bits per heavy atom. The van der Waals surface area contributed by atoms with Crippen molar-refractivity contribution in [2.45, 2.75) is 51.2 Å². The van der Waals surface area contributed by atoms with Crippen LogP contribution in [0.1, 0.15) is 41.5 Å². The topological polar surface area (TPSA) is 65.7 Å². The van der Waals surface area contributed by atoms with Gasteiger partial charge in [0.05, 0.1) is 10.6 Å². The molecule has 1 aromatic heterocycles. The zero-order chi connectivity index (χ0) is 21.4. The van der Waals surface area contributed by atoms with Crippen LogP contribution in [0.25, 0.3) is 11.0 Å². The van der Waals surface area contributed by atoms with Gasteiger partial charge in [0.25, 0.3) is 0 Å². The van der Waals surface area contributed by atoms with Gasteiger partial charge in [0.1, 0.15) is 11.3 Å². The molecule has 0 saturated carbocycles. The summed E-state index contributed by atoms with van der Waals surface area (Å²) in [6.45, 7) is 3.45. The summed E-state index contributed by atoms with van der Waals surface area (Å²) in [4.78, 5) is 14.9. The normalized spacial score (nSPS) is 17.3. The van der Waals surface area contributed by atoms with E-state index in [0.717, 1.165) is 68.3 Å². The molecule has 2 heterocycles. The molecule has 162 valence electrons. The Kier molecular flexibility index (Phi) is 5.74. The molecule has 1 fully saturated rings. The van der Waals surface area contributed by atoms with E-state index in [9.17, 15) is 9.90 Å². The van der Waals surface area contributed by atoms with Crippen molar-refractivity contribution in [3.8, 4) is 5.75 Å². The molecule has 3 aromatic rings. The maximum Gasteiger partial charge on any atom is 0.339 e. The number of aryl methyl sites for hydroxylation is 1. The van der Waals surface area contributed by atoms with Gasteiger partial charge < -0.3 is 14.8 Å². The first-order chi connectivity index (χ1) is 15.1. The van der Waals surface area contributed by atoms with E-state index in [1.807, 2.05) is 6.07 Å². The number of nitrogens with zero attached hydrogens (tertiary/aromatic N) is 1. The number of hydrogen-bond acceptors (Lipinski definition) is 5. The van der Waals surface area contributed by atoms with Gasteiger partial charge in [-0.15, -0.1) is 0 Å². The lowest BCUT2D eigenvalue weighted by Gasteiger charge is -2.32. The molecule has 0 spiro atoms. The van der Waals surface area contributed by atoms with Crippen molar-refractivity contribution in [3.05, 3.63) is 74.1 Å². The van der Waals surface area contributed by atoms with Crippen molar-refractivity contribution in [3.63, 3.8) is 0 Å². The Hall–Kier alpha value is -2.34. The van der Waals surface area contributed by atoms with Crippen LogP contribution in [0.2, 0.25) is 5.02 Å². The monoisotopic (exact) mass is 438 g/mol. The Balaban J connectivity index is 1.30. The second-order valence-corrected chi connectivity index (χ2v) is 9.09. The van der Waals surface area contributed by atoms with E-state index >= 15 is 0 Å². The minimum Gasteiger partial charge on any atom is -0.506 e. The van der Waals surface area contributed by atoms with Crippen LogP contribution in [-0.2, 0) is 25.9 Å². The third-order valence-corrected chi connectivity index (χ3v) is 6.98. The molecular formula is C25H27ClN2O3. The predicted octanol–water partition coefficient (Wildman–Crippen LogP) is 4.39. The van der Waals surface area contributed by atoms with Crippen molar-refractivity contribution in [1.82, 2.24) is 10.2 Å². The summed E-state index contributed by atoms with van der Waals surface area (Å²) in [5.41, 5.74) is 3.91. The van der Waals surface area contributed by atoms with Crippen LogP contribution in [0.15, 0.2) is 45.6 Å². The van der Waals surface area contributed by atoms with E-state index in [1.165, 1.54) is 5.56 Å². The number of aromatic hydroxyl groups is 1. The largest absolute Gasteiger partial charge is 0.506 e. The smallest absolute Gasteiger partial charge is 0.339 e. The van der Waals surface area contributed by atoms with Gasteiger partial charge in [-0.2, -0.15) is 0 Å². The molecule has 0 unspecified atom stereocenters. The molecule has 1 saturated heterocycles. The fraction of sp³-hybridized carbons (Fsp3) is 0.400. The van der Waals surface area contributed by atoms with Gasteiger partial charge in [-0.25, -0.2) is 4.79 Å². The molecule has 2 N–H and O–H groups in total. The number of halogens is 1. The molecule has 5 rings (SSSR count). The van der Waals surface area contributed by atoms with Crippen LogP contribution in [0.3, 0.4) is 0 Å². The highest BCUT2D eigenvalue weighted by molar-refractivity contribution is 6.33. The number of rotatable bonds is 5. The van der Waals surface area contributed by atoms with E-state index in [-0.39, 0.29) is 11.4 Å². The summed E-state index contributed by atoms with van der Waals surface area (Å²) < 4.78 is 5.67. The Morgan fingerprint density at radius 3 is 2.65 bits per heavy atom. The van der Waals surface area contributed by atoms with Crippen molar-refractivity contribution >= 4 is 22.6 Å². The Labute approximate surface area is 186 Å². The quantitative estimate of drug-likeness (QED) is 0.578. The first kappa shape index (κ1) is 20.6. The highest BCUT2D eigenvalue weighted by Crippen LogP contribution is 2.38. The van der Waals surface area contributed by atoms with Crippen LogP contribution in [0.4, 0.5) is 0 Å². The van der Waals surface area contributed by atoms with Gasteiger partial charge in [0.2, 0.25) is 0 Å². The average Bonchev–Trinajstić information content (AvgIpc) is 3.28. The van der Waals surface area contributed by atoms with Crippen LogP contribution in [0.5, 0.6) is 5.75 Å². The second kappa shape index (κ2) is 8.65. The third-order valence-electron chi connectivity index (χ3n) is 6.69. The number of benzene rings is 2. The summed E-state index contributed by atoms with van der Waals surface area (Å²) >= 11 is 6.35. The van der Waals surface area contributed by atoms with E-state index in [4.69, 9.17) is 16.0 Å². The van der Waals surface area contributed by atoms with Crippen LogP contribution in [-0.4, -0.2) is 29.1 Å². The van der Waals surface area contributed by atoms with Gasteiger partial charge >= 0.3 is 5.63 Å². The second-order valence-electron chi connectivity index (χ2n) is 8.68. The number of nitrogens with one attached hydrogen (secondary N) is 1. The lowest BCUT2D eigenvalue weighted by molar-refractivity contribution is 0.190. The molecule has 0 bridgehead atoms. The highest BCUT2D eigenvalue weighted by Gasteiger charge is 2.25. The van der Waals surface area contributed by atoms with Gasteiger partial charge in [-0.05, 0) is 62.4 Å². The molecule has 0 atom stereocenters. The Morgan fingerprint density at radius 2 is 1.87 bits per heavy atom. The zero-order valence-electron chi connectivity index (χ0n) is 17.5. The van der Waals surface area contributed by atoms with E-state index in [0.29, 0.717) is 28.8 Å². The van der Waals surface area contributed by atoms with Crippen molar-refractivity contribution in [2.75, 3.05) is 13.1 Å². The third kappa shape index (κ3) is 4.10. The van der Waals surface area contributed by atoms with Gasteiger partial charge in [-0.3, -0.25) is 4.90 Å². The summed E-state index contributed by atoms with van der Waals surface area (Å²) in [7, 11) is 0. The predicted molar refractivity (Wildman–Crippen MR) is 123 cm³/mol.